The van der Waals surface area contributed by atoms with E-state index in [1.54, 1.807) is 0 Å². The number of fused-ring (bicyclic) bond motifs is 2. The van der Waals surface area contributed by atoms with Gasteiger partial charge in [0.25, 0.3) is 0 Å². The van der Waals surface area contributed by atoms with Gasteiger partial charge >= 0.3 is 0 Å². The monoisotopic (exact) mass is 438 g/mol. The molecule has 0 radical (unpaired) electrons. The first-order chi connectivity index (χ1) is 14.9. The van der Waals surface area contributed by atoms with E-state index < -0.39 is 8.07 Å². The molecule has 1 aliphatic rings. The maximum atomic E-state index is 13.1. The van der Waals surface area contributed by atoms with Crippen LogP contribution in [0.4, 0.5) is 0 Å². The summed E-state index contributed by atoms with van der Waals surface area (Å²) in [6.45, 7) is 19.8. The van der Waals surface area contributed by atoms with Crippen LogP contribution in [0.1, 0.15) is 59.8 Å². The van der Waals surface area contributed by atoms with Crippen LogP contribution in [0.25, 0.3) is 12.2 Å². The van der Waals surface area contributed by atoms with E-state index in [-0.39, 0.29) is 11.2 Å². The van der Waals surface area contributed by atoms with Gasteiger partial charge in [-0.1, -0.05) is 94.5 Å². The molecule has 0 unspecified atom stereocenters. The number of carbonyl (C=O) groups is 1. The third-order valence-corrected chi connectivity index (χ3v) is 10.2. The topological polar surface area (TPSA) is 17.1 Å². The fraction of sp³-hybridized carbons (Fsp3) is 0.300. The molecule has 0 fully saturated rings. The Labute approximate surface area is 193 Å². The second kappa shape index (κ2) is 7.70. The van der Waals surface area contributed by atoms with Gasteiger partial charge < -0.3 is 0 Å². The van der Waals surface area contributed by atoms with Gasteiger partial charge in [0.15, 0.2) is 5.78 Å². The highest BCUT2D eigenvalue weighted by atomic mass is 28.3. The average molecular weight is 439 g/mol. The lowest BCUT2D eigenvalue weighted by Crippen LogP contribution is -2.63. The van der Waals surface area contributed by atoms with Crippen molar-refractivity contribution in [3.8, 4) is 0 Å². The van der Waals surface area contributed by atoms with Gasteiger partial charge in [-0.15, -0.1) is 0 Å². The summed E-state index contributed by atoms with van der Waals surface area (Å²) in [5.74, 6) is 0.210. The Morgan fingerprint density at radius 3 is 2.28 bits per heavy atom. The normalized spacial score (nSPS) is 14.7. The molecule has 3 aromatic rings. The molecule has 164 valence electrons. The Balaban J connectivity index is 2.06. The third-order valence-electron chi connectivity index (χ3n) is 6.66. The van der Waals surface area contributed by atoms with E-state index in [4.69, 9.17) is 0 Å². The third kappa shape index (κ3) is 3.93. The lowest BCUT2D eigenvalue weighted by Gasteiger charge is -2.33. The number of ketones is 1. The molecule has 1 heterocycles. The molecular formula is C30H34OSi. The molecule has 0 aliphatic carbocycles. The Bertz CT molecular complexity index is 1350. The summed E-state index contributed by atoms with van der Waals surface area (Å²) >= 11 is 0. The van der Waals surface area contributed by atoms with Gasteiger partial charge in [0.1, 0.15) is 8.07 Å². The SMILES string of the molecule is C=c1ccc2c(c1)[Si](C)(C)c1cc(C)ccc1C=2c1cc(C(=O)CC(C)(C)C)ccc1C. The maximum absolute atomic E-state index is 13.1. The molecule has 0 spiro atoms. The van der Waals surface area contributed by atoms with Gasteiger partial charge in [0, 0.05) is 12.0 Å². The van der Waals surface area contributed by atoms with Crippen LogP contribution in [-0.4, -0.2) is 13.9 Å². The largest absolute Gasteiger partial charge is 0.294 e. The van der Waals surface area contributed by atoms with Crippen molar-refractivity contribution in [1.82, 2.24) is 0 Å². The van der Waals surface area contributed by atoms with E-state index in [0.29, 0.717) is 6.42 Å². The molecule has 2 heteroatoms. The van der Waals surface area contributed by atoms with Crippen molar-refractivity contribution in [1.29, 1.82) is 0 Å². The first kappa shape index (κ1) is 22.5. The number of carbonyl (C=O) groups excluding carboxylic acids is 1. The Hall–Kier alpha value is -2.71. The highest BCUT2D eigenvalue weighted by Crippen LogP contribution is 2.29. The molecule has 1 nitrogen and oxygen atoms in total. The minimum absolute atomic E-state index is 0.0308. The number of aryl methyl sites for hydroxylation is 2. The van der Waals surface area contributed by atoms with Crippen molar-refractivity contribution in [3.05, 3.63) is 92.9 Å². The Morgan fingerprint density at radius 2 is 1.59 bits per heavy atom. The smallest absolute Gasteiger partial charge is 0.163 e. The molecule has 0 aromatic heterocycles. The van der Waals surface area contributed by atoms with Gasteiger partial charge in [0.2, 0.25) is 0 Å². The van der Waals surface area contributed by atoms with Crippen LogP contribution in [0.2, 0.25) is 13.1 Å². The molecule has 0 atom stereocenters. The van der Waals surface area contributed by atoms with Crippen molar-refractivity contribution in [2.24, 2.45) is 5.41 Å². The zero-order valence-electron chi connectivity index (χ0n) is 20.5. The quantitative estimate of drug-likeness (QED) is 0.427. The van der Waals surface area contributed by atoms with E-state index in [0.717, 1.165) is 16.3 Å². The van der Waals surface area contributed by atoms with Gasteiger partial charge in [-0.2, -0.15) is 0 Å². The molecule has 0 N–H and O–H groups in total. The standard InChI is InChI=1S/C30H34OSi/c1-19-9-13-23-27(15-19)32(7,8)28-16-20(2)10-14-24(28)29(23)25-17-22(12-11-21(25)3)26(31)18-30(4,5)6/h9-17H,1,18H2,2-8H3. The predicted molar refractivity (Wildman–Crippen MR) is 140 cm³/mol. The highest BCUT2D eigenvalue weighted by molar-refractivity contribution is 7.01. The molecule has 1 aliphatic heterocycles. The summed E-state index contributed by atoms with van der Waals surface area (Å²) in [7, 11) is -1.88. The second-order valence-corrected chi connectivity index (χ2v) is 15.4. The Kier molecular flexibility index (Phi) is 5.41. The summed E-state index contributed by atoms with van der Waals surface area (Å²) in [5, 5.41) is 5.26. The minimum Gasteiger partial charge on any atom is -0.294 e. The minimum atomic E-state index is -1.88. The number of rotatable bonds is 3. The van der Waals surface area contributed by atoms with Gasteiger partial charge in [-0.05, 0) is 68.4 Å². The molecule has 0 saturated carbocycles. The van der Waals surface area contributed by atoms with Crippen LogP contribution in [0.3, 0.4) is 0 Å². The first-order valence-corrected chi connectivity index (χ1v) is 14.5. The van der Waals surface area contributed by atoms with Crippen LogP contribution in [0, 0.1) is 19.3 Å². The molecule has 0 bridgehead atoms. The lowest BCUT2D eigenvalue weighted by atomic mass is 9.85. The summed E-state index contributed by atoms with van der Waals surface area (Å²) in [6, 6.07) is 19.8. The maximum Gasteiger partial charge on any atom is 0.163 e. The lowest BCUT2D eigenvalue weighted by molar-refractivity contribution is 0.0940. The van der Waals surface area contributed by atoms with Gasteiger partial charge in [-0.3, -0.25) is 4.79 Å². The van der Waals surface area contributed by atoms with Crippen LogP contribution in [-0.2, 0) is 0 Å². The van der Waals surface area contributed by atoms with E-state index in [1.807, 2.05) is 6.07 Å². The number of benzene rings is 3. The first-order valence-electron chi connectivity index (χ1n) is 11.5. The molecule has 0 amide bonds. The van der Waals surface area contributed by atoms with E-state index in [9.17, 15) is 4.79 Å². The average Bonchev–Trinajstić information content (AvgIpc) is 2.69. The van der Waals surface area contributed by atoms with E-state index >= 15 is 0 Å². The van der Waals surface area contributed by atoms with Crippen LogP contribution in [0.5, 0.6) is 0 Å². The Morgan fingerprint density at radius 1 is 0.875 bits per heavy atom. The fourth-order valence-electron chi connectivity index (χ4n) is 4.95. The summed E-state index contributed by atoms with van der Waals surface area (Å²) in [4.78, 5) is 13.1. The van der Waals surface area contributed by atoms with Crippen LogP contribution in [0.15, 0.2) is 54.6 Å². The zero-order valence-corrected chi connectivity index (χ0v) is 21.5. The van der Waals surface area contributed by atoms with Crippen molar-refractivity contribution in [2.75, 3.05) is 0 Å². The molecular weight excluding hydrogens is 404 g/mol. The zero-order chi connectivity index (χ0) is 23.4. The van der Waals surface area contributed by atoms with E-state index in [1.165, 1.54) is 37.9 Å². The number of hydrogen-bond donors (Lipinski definition) is 0. The second-order valence-electron chi connectivity index (χ2n) is 11.1. The van der Waals surface area contributed by atoms with Crippen molar-refractivity contribution >= 4 is 36.4 Å². The molecule has 0 saturated heterocycles. The highest BCUT2D eigenvalue weighted by Gasteiger charge is 2.35. The van der Waals surface area contributed by atoms with Gasteiger partial charge in [-0.25, -0.2) is 0 Å². The van der Waals surface area contributed by atoms with Crippen molar-refractivity contribution < 1.29 is 4.79 Å². The molecule has 3 aromatic carbocycles. The van der Waals surface area contributed by atoms with Crippen molar-refractivity contribution in [2.45, 2.75) is 54.1 Å². The molecule has 4 rings (SSSR count). The van der Waals surface area contributed by atoms with Crippen molar-refractivity contribution in [3.63, 3.8) is 0 Å². The summed E-state index contributed by atoms with van der Waals surface area (Å²) < 4.78 is 0. The van der Waals surface area contributed by atoms with Crippen LogP contribution >= 0.6 is 0 Å². The van der Waals surface area contributed by atoms with E-state index in [2.05, 4.69) is 103 Å². The molecule has 32 heavy (non-hydrogen) atoms. The predicted octanol–water partition coefficient (Wildman–Crippen LogP) is 4.72. The van der Waals surface area contributed by atoms with Crippen LogP contribution < -0.4 is 20.8 Å². The van der Waals surface area contributed by atoms with Gasteiger partial charge in [0.05, 0.1) is 0 Å². The number of Topliss-reactive ketones (excluding diaryl/α,β-unsaturated/α-hetero) is 1. The summed E-state index contributed by atoms with van der Waals surface area (Å²) in [5.41, 5.74) is 7.01. The fourth-order valence-corrected chi connectivity index (χ4v) is 8.14. The number of hydrogen-bond acceptors (Lipinski definition) is 1. The summed E-state index contributed by atoms with van der Waals surface area (Å²) in [6.07, 6.45) is 0.544.